The van der Waals surface area contributed by atoms with Crippen LogP contribution < -0.4 is 5.32 Å². The van der Waals surface area contributed by atoms with Crippen molar-refractivity contribution < 1.29 is 4.79 Å². The maximum atomic E-state index is 12.8. The Kier molecular flexibility index (Phi) is 6.73. The number of pyridine rings is 1. The second-order valence-electron chi connectivity index (χ2n) is 6.85. The van der Waals surface area contributed by atoms with Crippen molar-refractivity contribution in [2.75, 3.05) is 5.32 Å². The van der Waals surface area contributed by atoms with E-state index in [9.17, 15) is 4.79 Å². The quantitative estimate of drug-likeness (QED) is 0.381. The molecule has 0 aliphatic carbocycles. The van der Waals surface area contributed by atoms with Crippen LogP contribution in [0, 0.1) is 0 Å². The van der Waals surface area contributed by atoms with Crippen molar-refractivity contribution >= 4 is 34.1 Å². The molecule has 0 aliphatic rings. The van der Waals surface area contributed by atoms with Crippen molar-refractivity contribution in [1.29, 1.82) is 0 Å². The highest BCUT2D eigenvalue weighted by Crippen LogP contribution is 2.29. The fraction of sp³-hybridized carbons (Fsp3) is 0.227. The first-order valence-corrected chi connectivity index (χ1v) is 11.7. The van der Waals surface area contributed by atoms with Crippen LogP contribution in [0.1, 0.15) is 20.3 Å². The summed E-state index contributed by atoms with van der Waals surface area (Å²) in [6, 6.07) is 13.7. The molecule has 0 saturated carbocycles. The number of aromatic nitrogens is 5. The zero-order valence-electron chi connectivity index (χ0n) is 17.2. The van der Waals surface area contributed by atoms with Gasteiger partial charge in [-0.25, -0.2) is 4.98 Å². The number of amides is 1. The minimum absolute atomic E-state index is 0.115. The predicted molar refractivity (Wildman–Crippen MR) is 125 cm³/mol. The number of carbonyl (C=O) groups is 1. The van der Waals surface area contributed by atoms with Crippen molar-refractivity contribution in [2.45, 2.75) is 37.2 Å². The summed E-state index contributed by atoms with van der Waals surface area (Å²) >= 11 is 2.81. The van der Waals surface area contributed by atoms with Gasteiger partial charge in [0.1, 0.15) is 0 Å². The molecule has 0 spiro atoms. The van der Waals surface area contributed by atoms with E-state index in [1.165, 1.54) is 23.1 Å². The van der Waals surface area contributed by atoms with Gasteiger partial charge >= 0.3 is 0 Å². The maximum absolute atomic E-state index is 12.8. The van der Waals surface area contributed by atoms with Gasteiger partial charge in [-0.3, -0.25) is 9.78 Å². The molecular formula is C22H22N6OS2. The van der Waals surface area contributed by atoms with Crippen molar-refractivity contribution in [3.63, 3.8) is 0 Å². The van der Waals surface area contributed by atoms with E-state index in [4.69, 9.17) is 0 Å². The largest absolute Gasteiger partial charge is 0.302 e. The van der Waals surface area contributed by atoms with Crippen molar-refractivity contribution in [2.24, 2.45) is 0 Å². The number of nitrogens with zero attached hydrogens (tertiary/aromatic N) is 5. The van der Waals surface area contributed by atoms with E-state index in [1.54, 1.807) is 12.4 Å². The second-order valence-corrected chi connectivity index (χ2v) is 9.01. The number of hydrogen-bond donors (Lipinski definition) is 1. The van der Waals surface area contributed by atoms with Gasteiger partial charge in [-0.05, 0) is 25.5 Å². The monoisotopic (exact) mass is 450 g/mol. The van der Waals surface area contributed by atoms with E-state index in [2.05, 4.69) is 37.0 Å². The van der Waals surface area contributed by atoms with Crippen molar-refractivity contribution in [3.8, 4) is 22.6 Å². The highest BCUT2D eigenvalue weighted by atomic mass is 32.2. The van der Waals surface area contributed by atoms with Crippen LogP contribution in [0.3, 0.4) is 0 Å². The number of nitrogens with one attached hydrogen (secondary N) is 1. The van der Waals surface area contributed by atoms with Crippen LogP contribution in [0.2, 0.25) is 0 Å². The molecule has 7 nitrogen and oxygen atoms in total. The van der Waals surface area contributed by atoms with Gasteiger partial charge in [0.15, 0.2) is 16.1 Å². The van der Waals surface area contributed by atoms with Gasteiger partial charge in [0.05, 0.1) is 10.9 Å². The molecule has 3 aromatic heterocycles. The van der Waals surface area contributed by atoms with E-state index in [-0.39, 0.29) is 11.2 Å². The fourth-order valence-corrected chi connectivity index (χ4v) is 4.60. The molecular weight excluding hydrogens is 428 g/mol. The van der Waals surface area contributed by atoms with Crippen LogP contribution >= 0.6 is 23.1 Å². The average molecular weight is 451 g/mol. The lowest BCUT2D eigenvalue weighted by Gasteiger charge is -2.12. The van der Waals surface area contributed by atoms with Gasteiger partial charge in [0.25, 0.3) is 0 Å². The summed E-state index contributed by atoms with van der Waals surface area (Å²) in [6.07, 6.45) is 4.41. The minimum Gasteiger partial charge on any atom is -0.302 e. The molecule has 0 radical (unpaired) electrons. The van der Waals surface area contributed by atoms with Crippen LogP contribution in [-0.4, -0.2) is 35.9 Å². The topological polar surface area (TPSA) is 85.6 Å². The van der Waals surface area contributed by atoms with Crippen molar-refractivity contribution in [1.82, 2.24) is 24.7 Å². The first-order chi connectivity index (χ1) is 15.2. The molecule has 4 rings (SSSR count). The Labute approximate surface area is 189 Å². The molecule has 158 valence electrons. The van der Waals surface area contributed by atoms with Crippen LogP contribution in [0.25, 0.3) is 22.6 Å². The lowest BCUT2D eigenvalue weighted by atomic mass is 10.2. The summed E-state index contributed by atoms with van der Waals surface area (Å²) in [5.74, 6) is 0.669. The molecule has 1 N–H and O–H groups in total. The van der Waals surface area contributed by atoms with E-state index < -0.39 is 0 Å². The normalized spacial score (nSPS) is 11.9. The SMILES string of the molecule is CCCn1c(SC(C)C(=O)Nc2nc(-c3ccccc3)cs2)nnc1-c1ccncc1. The summed E-state index contributed by atoms with van der Waals surface area (Å²) in [4.78, 5) is 21.4. The molecule has 1 atom stereocenters. The number of anilines is 1. The van der Waals surface area contributed by atoms with Gasteiger partial charge < -0.3 is 9.88 Å². The lowest BCUT2D eigenvalue weighted by molar-refractivity contribution is -0.115. The summed E-state index contributed by atoms with van der Waals surface area (Å²) in [5, 5.41) is 14.5. The molecule has 1 aromatic carbocycles. The summed E-state index contributed by atoms with van der Waals surface area (Å²) in [5.41, 5.74) is 2.83. The van der Waals surface area contributed by atoms with Crippen LogP contribution in [0.5, 0.6) is 0 Å². The minimum atomic E-state index is -0.353. The molecule has 0 bridgehead atoms. The zero-order chi connectivity index (χ0) is 21.6. The van der Waals surface area contributed by atoms with Gasteiger partial charge in [0.2, 0.25) is 5.91 Å². The number of carbonyl (C=O) groups excluding carboxylic acids is 1. The molecule has 0 aliphatic heterocycles. The van der Waals surface area contributed by atoms with E-state index >= 15 is 0 Å². The fourth-order valence-electron chi connectivity index (χ4n) is 3.01. The van der Waals surface area contributed by atoms with E-state index in [0.29, 0.717) is 5.13 Å². The molecule has 1 amide bonds. The zero-order valence-corrected chi connectivity index (χ0v) is 18.9. The number of hydrogen-bond acceptors (Lipinski definition) is 7. The second kappa shape index (κ2) is 9.84. The van der Waals surface area contributed by atoms with Crippen LogP contribution in [-0.2, 0) is 11.3 Å². The standard InChI is InChI=1S/C22H22N6OS2/c1-3-13-28-19(17-9-11-23-12-10-17)26-27-22(28)31-15(2)20(29)25-21-24-18(14-30-21)16-7-5-4-6-8-16/h4-12,14-15H,3,13H2,1-2H3,(H,24,25,29). The maximum Gasteiger partial charge on any atom is 0.239 e. The first-order valence-electron chi connectivity index (χ1n) is 9.97. The third-order valence-corrected chi connectivity index (χ3v) is 6.40. The Morgan fingerprint density at radius 2 is 1.90 bits per heavy atom. The number of benzene rings is 1. The molecule has 0 fully saturated rings. The Morgan fingerprint density at radius 1 is 1.13 bits per heavy atom. The third kappa shape index (κ3) is 5.00. The van der Waals surface area contributed by atoms with Crippen LogP contribution in [0.15, 0.2) is 65.4 Å². The lowest BCUT2D eigenvalue weighted by Crippen LogP contribution is -2.23. The third-order valence-electron chi connectivity index (χ3n) is 4.56. The molecule has 4 aromatic rings. The van der Waals surface area contributed by atoms with E-state index in [1.807, 2.05) is 54.8 Å². The molecule has 0 saturated heterocycles. The number of thioether (sulfide) groups is 1. The Morgan fingerprint density at radius 3 is 2.65 bits per heavy atom. The Bertz CT molecular complexity index is 1140. The first kappa shape index (κ1) is 21.2. The van der Waals surface area contributed by atoms with Gasteiger partial charge in [0, 0.05) is 35.4 Å². The number of rotatable bonds is 8. The average Bonchev–Trinajstić information content (AvgIpc) is 3.43. The molecule has 9 heteroatoms. The van der Waals surface area contributed by atoms with Gasteiger partial charge in [-0.2, -0.15) is 0 Å². The molecule has 3 heterocycles. The summed E-state index contributed by atoms with van der Waals surface area (Å²) in [7, 11) is 0. The predicted octanol–water partition coefficient (Wildman–Crippen LogP) is 4.99. The summed E-state index contributed by atoms with van der Waals surface area (Å²) in [6.45, 7) is 4.74. The number of thiazole rings is 1. The van der Waals surface area contributed by atoms with Gasteiger partial charge in [-0.15, -0.1) is 21.5 Å². The van der Waals surface area contributed by atoms with Gasteiger partial charge in [-0.1, -0.05) is 49.0 Å². The highest BCUT2D eigenvalue weighted by molar-refractivity contribution is 8.00. The van der Waals surface area contributed by atoms with Crippen LogP contribution in [0.4, 0.5) is 5.13 Å². The molecule has 1 unspecified atom stereocenters. The smallest absolute Gasteiger partial charge is 0.239 e. The molecule has 31 heavy (non-hydrogen) atoms. The van der Waals surface area contributed by atoms with Crippen molar-refractivity contribution in [3.05, 3.63) is 60.2 Å². The Hall–Kier alpha value is -3.04. The Balaban J connectivity index is 1.46. The van der Waals surface area contributed by atoms with E-state index in [0.717, 1.165) is 40.8 Å². The highest BCUT2D eigenvalue weighted by Gasteiger charge is 2.21. The summed E-state index contributed by atoms with van der Waals surface area (Å²) < 4.78 is 2.06.